The summed E-state index contributed by atoms with van der Waals surface area (Å²) in [5.41, 5.74) is 5.24. The van der Waals surface area contributed by atoms with Crippen LogP contribution in [0.2, 0.25) is 0 Å². The van der Waals surface area contributed by atoms with Crippen molar-refractivity contribution in [2.75, 3.05) is 19.6 Å². The van der Waals surface area contributed by atoms with Crippen LogP contribution in [0.25, 0.3) is 0 Å². The lowest BCUT2D eigenvalue weighted by Gasteiger charge is -2.19. The molecule has 0 aromatic carbocycles. The third kappa shape index (κ3) is 3.24. The van der Waals surface area contributed by atoms with E-state index < -0.39 is 23.0 Å². The quantitative estimate of drug-likeness (QED) is 0.792. The number of halogens is 2. The molecule has 104 valence electrons. The maximum Gasteiger partial charge on any atom is 0.262 e. The number of aromatic nitrogens is 2. The van der Waals surface area contributed by atoms with Gasteiger partial charge in [-0.3, -0.25) is 0 Å². The third-order valence-corrected chi connectivity index (χ3v) is 4.15. The topological polar surface area (TPSA) is 81.2 Å². The molecule has 0 aliphatic heterocycles. The molecule has 18 heavy (non-hydrogen) atoms. The minimum absolute atomic E-state index is 0.0300. The van der Waals surface area contributed by atoms with Gasteiger partial charge in [-0.2, -0.15) is 4.31 Å². The van der Waals surface area contributed by atoms with Gasteiger partial charge in [0.15, 0.2) is 5.03 Å². The molecule has 0 bridgehead atoms. The second-order valence-electron chi connectivity index (χ2n) is 3.78. The average Bonchev–Trinajstić information content (AvgIpc) is 2.59. The Morgan fingerprint density at radius 2 is 2.17 bits per heavy atom. The predicted molar refractivity (Wildman–Crippen MR) is 61.8 cm³/mol. The predicted octanol–water partition coefficient (Wildman–Crippen LogP) is -0.0570. The summed E-state index contributed by atoms with van der Waals surface area (Å²) in [6, 6.07) is 0. The maximum absolute atomic E-state index is 12.4. The first-order valence-electron chi connectivity index (χ1n) is 5.27. The lowest BCUT2D eigenvalue weighted by molar-refractivity contribution is 0.120. The zero-order chi connectivity index (χ0) is 13.9. The van der Waals surface area contributed by atoms with Crippen LogP contribution in [0.1, 0.15) is 5.82 Å². The van der Waals surface area contributed by atoms with E-state index in [1.807, 2.05) is 0 Å². The van der Waals surface area contributed by atoms with Crippen LogP contribution in [0.4, 0.5) is 8.78 Å². The van der Waals surface area contributed by atoms with E-state index in [1.165, 1.54) is 10.8 Å². The van der Waals surface area contributed by atoms with Crippen molar-refractivity contribution in [1.82, 2.24) is 13.9 Å². The molecule has 0 aliphatic rings. The van der Waals surface area contributed by atoms with E-state index in [0.29, 0.717) is 10.1 Å². The number of nitrogens with zero attached hydrogens (tertiary/aromatic N) is 3. The molecular weight excluding hydrogens is 266 g/mol. The second kappa shape index (κ2) is 5.72. The molecule has 6 nitrogen and oxygen atoms in total. The van der Waals surface area contributed by atoms with Gasteiger partial charge in [-0.1, -0.05) is 0 Å². The highest BCUT2D eigenvalue weighted by molar-refractivity contribution is 7.89. The van der Waals surface area contributed by atoms with Crippen molar-refractivity contribution in [1.29, 1.82) is 0 Å². The number of hydrogen-bond acceptors (Lipinski definition) is 4. The van der Waals surface area contributed by atoms with Crippen molar-refractivity contribution in [2.45, 2.75) is 18.4 Å². The minimum Gasteiger partial charge on any atom is -0.337 e. The number of rotatable bonds is 6. The number of alkyl halides is 2. The Bertz CT molecular complexity index is 481. The number of hydrogen-bond donors (Lipinski definition) is 1. The van der Waals surface area contributed by atoms with E-state index in [-0.39, 0.29) is 18.1 Å². The van der Waals surface area contributed by atoms with E-state index in [0.717, 1.165) is 0 Å². The molecule has 9 heteroatoms. The molecule has 0 aliphatic carbocycles. The van der Waals surface area contributed by atoms with Crippen molar-refractivity contribution in [2.24, 2.45) is 12.8 Å². The van der Waals surface area contributed by atoms with Crippen LogP contribution >= 0.6 is 0 Å². The molecule has 1 rings (SSSR count). The first-order chi connectivity index (χ1) is 8.28. The van der Waals surface area contributed by atoms with E-state index in [9.17, 15) is 17.2 Å². The Morgan fingerprint density at radius 1 is 1.56 bits per heavy atom. The van der Waals surface area contributed by atoms with Crippen molar-refractivity contribution in [3.8, 4) is 0 Å². The van der Waals surface area contributed by atoms with Gasteiger partial charge in [0, 0.05) is 26.3 Å². The van der Waals surface area contributed by atoms with Gasteiger partial charge in [0.25, 0.3) is 16.4 Å². The molecule has 0 saturated heterocycles. The van der Waals surface area contributed by atoms with E-state index >= 15 is 0 Å². The van der Waals surface area contributed by atoms with Gasteiger partial charge in [-0.05, 0) is 6.92 Å². The monoisotopic (exact) mass is 282 g/mol. The summed E-state index contributed by atoms with van der Waals surface area (Å²) in [5, 5.41) is -0.239. The number of imidazole rings is 1. The zero-order valence-corrected chi connectivity index (χ0v) is 11.0. The molecule has 0 radical (unpaired) electrons. The highest BCUT2D eigenvalue weighted by Crippen LogP contribution is 2.15. The third-order valence-electron chi connectivity index (χ3n) is 2.41. The lowest BCUT2D eigenvalue weighted by atomic mass is 10.6. The van der Waals surface area contributed by atoms with Crippen molar-refractivity contribution in [3.63, 3.8) is 0 Å². The molecule has 0 saturated carbocycles. The standard InChI is InChI=1S/C9H16F2N4O2S/c1-7-13-9(6-14(7)2)18(16,17)15(4-3-12)5-8(10)11/h6,8H,3-5,12H2,1-2H3. The van der Waals surface area contributed by atoms with Crippen molar-refractivity contribution >= 4 is 10.0 Å². The van der Waals surface area contributed by atoms with Gasteiger partial charge in [-0.25, -0.2) is 22.2 Å². The number of aryl methyl sites for hydroxylation is 2. The first kappa shape index (κ1) is 15.0. The molecule has 0 fully saturated rings. The fourth-order valence-corrected chi connectivity index (χ4v) is 2.85. The molecule has 0 amide bonds. The molecule has 2 N–H and O–H groups in total. The maximum atomic E-state index is 12.4. The van der Waals surface area contributed by atoms with Gasteiger partial charge < -0.3 is 10.3 Å². The highest BCUT2D eigenvalue weighted by Gasteiger charge is 2.29. The van der Waals surface area contributed by atoms with Crippen LogP contribution in [0.5, 0.6) is 0 Å². The summed E-state index contributed by atoms with van der Waals surface area (Å²) in [7, 11) is -2.39. The summed E-state index contributed by atoms with van der Waals surface area (Å²) in [5.74, 6) is 0.485. The summed E-state index contributed by atoms with van der Waals surface area (Å²) in [4.78, 5) is 3.84. The fraction of sp³-hybridized carbons (Fsp3) is 0.667. The molecule has 0 atom stereocenters. The van der Waals surface area contributed by atoms with E-state index in [2.05, 4.69) is 4.98 Å². The highest BCUT2D eigenvalue weighted by atomic mass is 32.2. The van der Waals surface area contributed by atoms with Gasteiger partial charge in [0.2, 0.25) is 0 Å². The smallest absolute Gasteiger partial charge is 0.262 e. The Hall–Kier alpha value is -1.06. The Balaban J connectivity index is 3.08. The molecular formula is C9H16F2N4O2S. The molecule has 1 heterocycles. The molecule has 1 aromatic rings. The largest absolute Gasteiger partial charge is 0.337 e. The average molecular weight is 282 g/mol. The lowest BCUT2D eigenvalue weighted by Crippen LogP contribution is -2.38. The van der Waals surface area contributed by atoms with Crippen molar-refractivity contribution in [3.05, 3.63) is 12.0 Å². The van der Waals surface area contributed by atoms with Gasteiger partial charge >= 0.3 is 0 Å². The van der Waals surface area contributed by atoms with Crippen LogP contribution < -0.4 is 5.73 Å². The van der Waals surface area contributed by atoms with Gasteiger partial charge in [0.1, 0.15) is 5.82 Å². The second-order valence-corrected chi connectivity index (χ2v) is 5.66. The normalized spacial score (nSPS) is 12.6. The van der Waals surface area contributed by atoms with Gasteiger partial charge in [0.05, 0.1) is 6.54 Å². The molecule has 0 spiro atoms. The zero-order valence-electron chi connectivity index (χ0n) is 10.2. The van der Waals surface area contributed by atoms with E-state index in [1.54, 1.807) is 14.0 Å². The summed E-state index contributed by atoms with van der Waals surface area (Å²) >= 11 is 0. The summed E-state index contributed by atoms with van der Waals surface area (Å²) < 4.78 is 51.1. The van der Waals surface area contributed by atoms with Crippen LogP contribution in [-0.4, -0.2) is 48.3 Å². The fourth-order valence-electron chi connectivity index (χ4n) is 1.39. The van der Waals surface area contributed by atoms with Crippen LogP contribution in [0.15, 0.2) is 11.2 Å². The van der Waals surface area contributed by atoms with Crippen LogP contribution in [-0.2, 0) is 17.1 Å². The first-order valence-corrected chi connectivity index (χ1v) is 6.71. The molecule has 1 aromatic heterocycles. The molecule has 0 unspecified atom stereocenters. The summed E-state index contributed by atoms with van der Waals surface area (Å²) in [6.07, 6.45) is -1.46. The Morgan fingerprint density at radius 3 is 2.56 bits per heavy atom. The summed E-state index contributed by atoms with van der Waals surface area (Å²) in [6.45, 7) is 0.550. The Kier molecular flexibility index (Phi) is 4.77. The number of sulfonamides is 1. The number of nitrogens with two attached hydrogens (primary N) is 1. The minimum atomic E-state index is -4.02. The van der Waals surface area contributed by atoms with Crippen LogP contribution in [0, 0.1) is 6.92 Å². The SMILES string of the molecule is Cc1nc(S(=O)(=O)N(CCN)CC(F)F)cn1C. The van der Waals surface area contributed by atoms with Crippen LogP contribution in [0.3, 0.4) is 0 Å². The van der Waals surface area contributed by atoms with Gasteiger partial charge in [-0.15, -0.1) is 0 Å². The Labute approximate surface area is 104 Å². The van der Waals surface area contributed by atoms with E-state index in [4.69, 9.17) is 5.73 Å². The van der Waals surface area contributed by atoms with Crippen molar-refractivity contribution < 1.29 is 17.2 Å².